The van der Waals surface area contributed by atoms with Gasteiger partial charge in [-0.2, -0.15) is 0 Å². The number of carbonyl (C=O) groups is 1. The molecule has 0 saturated carbocycles. The number of hydrogen-bond donors (Lipinski definition) is 3. The molecule has 0 bridgehead atoms. The topological polar surface area (TPSA) is 104 Å². The Balaban J connectivity index is 2.73. The average molecular weight is 328 g/mol. The van der Waals surface area contributed by atoms with Crippen LogP contribution in [0.2, 0.25) is 10.0 Å². The van der Waals surface area contributed by atoms with E-state index in [1.165, 1.54) is 18.2 Å². The van der Waals surface area contributed by atoms with Gasteiger partial charge in [0.2, 0.25) is 10.0 Å². The van der Waals surface area contributed by atoms with E-state index in [9.17, 15) is 13.2 Å². The molecule has 19 heavy (non-hydrogen) atoms. The average Bonchev–Trinajstić information content (AvgIpc) is 2.27. The SMILES string of the molecule is O=C(O)C(O)CCNS(=O)(=O)c1cc(Cl)cc(Cl)c1. The highest BCUT2D eigenvalue weighted by atomic mass is 35.5. The molecule has 0 spiro atoms. The van der Waals surface area contributed by atoms with Crippen molar-refractivity contribution in [3.63, 3.8) is 0 Å². The lowest BCUT2D eigenvalue weighted by Gasteiger charge is -2.09. The van der Waals surface area contributed by atoms with Gasteiger partial charge < -0.3 is 10.2 Å². The van der Waals surface area contributed by atoms with Crippen LogP contribution in [0, 0.1) is 0 Å². The van der Waals surface area contributed by atoms with Gasteiger partial charge in [-0.25, -0.2) is 17.9 Å². The lowest BCUT2D eigenvalue weighted by Crippen LogP contribution is -2.30. The zero-order chi connectivity index (χ0) is 14.6. The minimum Gasteiger partial charge on any atom is -0.479 e. The highest BCUT2D eigenvalue weighted by molar-refractivity contribution is 7.89. The van der Waals surface area contributed by atoms with Gasteiger partial charge in [0.25, 0.3) is 0 Å². The highest BCUT2D eigenvalue weighted by Crippen LogP contribution is 2.22. The summed E-state index contributed by atoms with van der Waals surface area (Å²) in [5, 5.41) is 17.8. The van der Waals surface area contributed by atoms with E-state index >= 15 is 0 Å². The van der Waals surface area contributed by atoms with Crippen LogP contribution in [0.5, 0.6) is 0 Å². The zero-order valence-corrected chi connectivity index (χ0v) is 11.8. The van der Waals surface area contributed by atoms with Crippen LogP contribution in [0.25, 0.3) is 0 Å². The summed E-state index contributed by atoms with van der Waals surface area (Å²) in [6, 6.07) is 3.81. The molecular formula is C10H11Cl2NO5S. The van der Waals surface area contributed by atoms with E-state index in [4.69, 9.17) is 33.4 Å². The van der Waals surface area contributed by atoms with Gasteiger partial charge in [0.05, 0.1) is 4.90 Å². The number of aliphatic carboxylic acids is 1. The van der Waals surface area contributed by atoms with E-state index in [2.05, 4.69) is 4.72 Å². The predicted molar refractivity (Wildman–Crippen MR) is 69.9 cm³/mol. The summed E-state index contributed by atoms with van der Waals surface area (Å²) in [4.78, 5) is 10.2. The molecule has 0 radical (unpaired) electrons. The number of aliphatic hydroxyl groups excluding tert-OH is 1. The molecule has 0 aliphatic carbocycles. The minimum absolute atomic E-state index is 0.130. The van der Waals surface area contributed by atoms with Crippen molar-refractivity contribution in [2.24, 2.45) is 0 Å². The number of halogens is 2. The van der Waals surface area contributed by atoms with Crippen molar-refractivity contribution in [2.45, 2.75) is 17.4 Å². The molecule has 0 aliphatic heterocycles. The van der Waals surface area contributed by atoms with Gasteiger partial charge in [-0.05, 0) is 24.6 Å². The van der Waals surface area contributed by atoms with Gasteiger partial charge in [-0.15, -0.1) is 0 Å². The van der Waals surface area contributed by atoms with Crippen molar-refractivity contribution in [3.8, 4) is 0 Å². The molecule has 6 nitrogen and oxygen atoms in total. The van der Waals surface area contributed by atoms with Gasteiger partial charge in [0.15, 0.2) is 6.10 Å². The summed E-state index contributed by atoms with van der Waals surface area (Å²) >= 11 is 11.4. The number of benzene rings is 1. The van der Waals surface area contributed by atoms with Crippen LogP contribution in [0.3, 0.4) is 0 Å². The summed E-state index contributed by atoms with van der Waals surface area (Å²) in [5.74, 6) is -1.41. The van der Waals surface area contributed by atoms with Crippen LogP contribution in [0.4, 0.5) is 0 Å². The molecular weight excluding hydrogens is 317 g/mol. The van der Waals surface area contributed by atoms with Gasteiger partial charge >= 0.3 is 5.97 Å². The Hall–Kier alpha value is -0.860. The molecule has 0 aromatic heterocycles. The van der Waals surface area contributed by atoms with E-state index in [0.29, 0.717) is 0 Å². The first-order valence-corrected chi connectivity index (χ1v) is 7.33. The monoisotopic (exact) mass is 327 g/mol. The quantitative estimate of drug-likeness (QED) is 0.726. The fourth-order valence-corrected chi connectivity index (χ4v) is 2.99. The van der Waals surface area contributed by atoms with E-state index in [0.717, 1.165) is 0 Å². The Kier molecular flexibility index (Phi) is 5.57. The van der Waals surface area contributed by atoms with Crippen molar-refractivity contribution in [1.29, 1.82) is 0 Å². The number of aliphatic hydroxyl groups is 1. The fourth-order valence-electron chi connectivity index (χ4n) is 1.22. The van der Waals surface area contributed by atoms with Gasteiger partial charge in [0.1, 0.15) is 0 Å². The van der Waals surface area contributed by atoms with Crippen LogP contribution < -0.4 is 4.72 Å². The molecule has 0 aliphatic rings. The van der Waals surface area contributed by atoms with Crippen molar-refractivity contribution < 1.29 is 23.4 Å². The zero-order valence-electron chi connectivity index (χ0n) is 9.51. The van der Waals surface area contributed by atoms with Crippen LogP contribution in [0.15, 0.2) is 23.1 Å². The third kappa shape index (κ3) is 4.96. The van der Waals surface area contributed by atoms with E-state index in [-0.39, 0.29) is 27.9 Å². The molecule has 1 aromatic carbocycles. The molecule has 9 heteroatoms. The van der Waals surface area contributed by atoms with Gasteiger partial charge in [-0.1, -0.05) is 23.2 Å². The Bertz CT molecular complexity index is 555. The lowest BCUT2D eigenvalue weighted by atomic mass is 10.3. The molecule has 0 amide bonds. The Morgan fingerprint density at radius 1 is 1.26 bits per heavy atom. The summed E-state index contributed by atoms with van der Waals surface area (Å²) in [7, 11) is -3.85. The number of hydrogen-bond acceptors (Lipinski definition) is 4. The number of carboxylic acid groups (broad SMARTS) is 1. The van der Waals surface area contributed by atoms with Crippen LogP contribution in [-0.4, -0.2) is 37.2 Å². The van der Waals surface area contributed by atoms with Crippen molar-refractivity contribution >= 4 is 39.2 Å². The Morgan fingerprint density at radius 3 is 2.26 bits per heavy atom. The van der Waals surface area contributed by atoms with E-state index < -0.39 is 22.1 Å². The third-order valence-corrected chi connectivity index (χ3v) is 4.02. The first kappa shape index (κ1) is 16.2. The summed E-state index contributed by atoms with van der Waals surface area (Å²) < 4.78 is 25.8. The minimum atomic E-state index is -3.85. The first-order chi connectivity index (χ1) is 8.72. The van der Waals surface area contributed by atoms with Crippen molar-refractivity contribution in [3.05, 3.63) is 28.2 Å². The Morgan fingerprint density at radius 2 is 1.79 bits per heavy atom. The van der Waals surface area contributed by atoms with Crippen LogP contribution >= 0.6 is 23.2 Å². The van der Waals surface area contributed by atoms with Crippen molar-refractivity contribution in [2.75, 3.05) is 6.54 Å². The summed E-state index contributed by atoms with van der Waals surface area (Å²) in [6.07, 6.45) is -1.87. The fraction of sp³-hybridized carbons (Fsp3) is 0.300. The largest absolute Gasteiger partial charge is 0.479 e. The van der Waals surface area contributed by atoms with Crippen LogP contribution in [0.1, 0.15) is 6.42 Å². The number of sulfonamides is 1. The molecule has 1 aromatic rings. The maximum atomic E-state index is 11.8. The van der Waals surface area contributed by atoms with E-state index in [1.807, 2.05) is 0 Å². The number of carboxylic acids is 1. The molecule has 0 heterocycles. The molecule has 3 N–H and O–H groups in total. The van der Waals surface area contributed by atoms with Gasteiger partial charge in [0, 0.05) is 16.6 Å². The summed E-state index contributed by atoms with van der Waals surface area (Å²) in [5.41, 5.74) is 0. The molecule has 1 atom stereocenters. The number of nitrogens with one attached hydrogen (secondary N) is 1. The maximum absolute atomic E-state index is 11.8. The smallest absolute Gasteiger partial charge is 0.332 e. The second-order valence-electron chi connectivity index (χ2n) is 3.65. The molecule has 1 rings (SSSR count). The molecule has 0 saturated heterocycles. The number of rotatable bonds is 6. The van der Waals surface area contributed by atoms with E-state index in [1.54, 1.807) is 0 Å². The summed E-state index contributed by atoms with van der Waals surface area (Å²) in [6.45, 7) is -0.222. The molecule has 0 fully saturated rings. The van der Waals surface area contributed by atoms with Crippen LogP contribution in [-0.2, 0) is 14.8 Å². The first-order valence-electron chi connectivity index (χ1n) is 5.09. The lowest BCUT2D eigenvalue weighted by molar-refractivity contribution is -0.146. The second kappa shape index (κ2) is 6.53. The predicted octanol–water partition coefficient (Wildman–Crippen LogP) is 1.11. The second-order valence-corrected chi connectivity index (χ2v) is 6.29. The standard InChI is InChI=1S/C10H11Cl2NO5S/c11-6-3-7(12)5-8(4-6)19(17,18)13-2-1-9(14)10(15)16/h3-5,9,13-14H,1-2H2,(H,15,16). The van der Waals surface area contributed by atoms with Gasteiger partial charge in [-0.3, -0.25) is 0 Å². The molecule has 1 unspecified atom stereocenters. The maximum Gasteiger partial charge on any atom is 0.332 e. The Labute approximate surface area is 120 Å². The van der Waals surface area contributed by atoms with Crippen molar-refractivity contribution in [1.82, 2.24) is 4.72 Å². The third-order valence-electron chi connectivity index (χ3n) is 2.14. The molecule has 106 valence electrons. The normalized spacial score (nSPS) is 13.2. The highest BCUT2D eigenvalue weighted by Gasteiger charge is 2.18.